The number of nitrogens with one attached hydrogen (secondary N) is 1. The van der Waals surface area contributed by atoms with E-state index in [1.807, 2.05) is 0 Å². The van der Waals surface area contributed by atoms with Crippen molar-refractivity contribution < 1.29 is 13.2 Å². The van der Waals surface area contributed by atoms with Crippen molar-refractivity contribution in [2.45, 2.75) is 23.3 Å². The SMILES string of the molecule is CS(=O)(=O)CCSc1nnc(NC[C@H]2CCCO2)s1. The Morgan fingerprint density at radius 3 is 3.05 bits per heavy atom. The topological polar surface area (TPSA) is 81.2 Å². The van der Waals surface area contributed by atoms with Crippen molar-refractivity contribution in [3.05, 3.63) is 0 Å². The van der Waals surface area contributed by atoms with E-state index in [2.05, 4.69) is 15.5 Å². The van der Waals surface area contributed by atoms with Gasteiger partial charge in [0.25, 0.3) is 0 Å². The fourth-order valence-electron chi connectivity index (χ4n) is 1.63. The lowest BCUT2D eigenvalue weighted by Crippen LogP contribution is -2.18. The molecule has 0 spiro atoms. The van der Waals surface area contributed by atoms with Crippen molar-refractivity contribution >= 4 is 38.1 Å². The Hall–Kier alpha value is -0.380. The molecule has 1 aliphatic heterocycles. The van der Waals surface area contributed by atoms with Crippen LogP contribution in [-0.2, 0) is 14.6 Å². The maximum Gasteiger partial charge on any atom is 0.206 e. The minimum absolute atomic E-state index is 0.163. The first kappa shape index (κ1) is 15.0. The molecule has 0 amide bonds. The average molecular weight is 323 g/mol. The minimum atomic E-state index is -2.91. The molecule has 2 heterocycles. The van der Waals surface area contributed by atoms with Crippen molar-refractivity contribution in [2.75, 3.05) is 36.2 Å². The Labute approximate surface area is 121 Å². The molecule has 9 heteroatoms. The molecule has 1 N–H and O–H groups in total. The van der Waals surface area contributed by atoms with Crippen LogP contribution in [0.4, 0.5) is 5.13 Å². The van der Waals surface area contributed by atoms with E-state index in [0.29, 0.717) is 5.75 Å². The zero-order valence-electron chi connectivity index (χ0n) is 10.7. The Morgan fingerprint density at radius 1 is 1.53 bits per heavy atom. The van der Waals surface area contributed by atoms with Gasteiger partial charge in [0.1, 0.15) is 9.84 Å². The van der Waals surface area contributed by atoms with E-state index in [1.54, 1.807) is 0 Å². The molecule has 0 unspecified atom stereocenters. The molecule has 2 rings (SSSR count). The highest BCUT2D eigenvalue weighted by Crippen LogP contribution is 2.25. The number of anilines is 1. The molecule has 1 aromatic rings. The van der Waals surface area contributed by atoms with Crippen molar-refractivity contribution in [2.24, 2.45) is 0 Å². The van der Waals surface area contributed by atoms with E-state index in [-0.39, 0.29) is 11.9 Å². The Morgan fingerprint density at radius 2 is 2.37 bits per heavy atom. The predicted molar refractivity (Wildman–Crippen MR) is 77.8 cm³/mol. The van der Waals surface area contributed by atoms with Crippen molar-refractivity contribution in [3.8, 4) is 0 Å². The van der Waals surface area contributed by atoms with Crippen LogP contribution in [0.25, 0.3) is 0 Å². The number of hydrogen-bond acceptors (Lipinski definition) is 8. The Balaban J connectivity index is 1.72. The van der Waals surface area contributed by atoms with Crippen molar-refractivity contribution in [1.29, 1.82) is 0 Å². The van der Waals surface area contributed by atoms with Gasteiger partial charge in [-0.3, -0.25) is 0 Å². The molecule has 1 saturated heterocycles. The Kier molecular flexibility index (Phi) is 5.43. The second kappa shape index (κ2) is 6.87. The van der Waals surface area contributed by atoms with Crippen LogP contribution in [0.5, 0.6) is 0 Å². The van der Waals surface area contributed by atoms with Crippen LogP contribution in [0.2, 0.25) is 0 Å². The summed E-state index contributed by atoms with van der Waals surface area (Å²) >= 11 is 2.87. The summed E-state index contributed by atoms with van der Waals surface area (Å²) in [6, 6.07) is 0. The summed E-state index contributed by atoms with van der Waals surface area (Å²) in [7, 11) is -2.91. The van der Waals surface area contributed by atoms with Crippen LogP contribution >= 0.6 is 23.1 Å². The quantitative estimate of drug-likeness (QED) is 0.757. The molecule has 19 heavy (non-hydrogen) atoms. The standard InChI is InChI=1S/C10H17N3O3S3/c1-19(14,15)6-5-17-10-13-12-9(18-10)11-7-8-3-2-4-16-8/h8H,2-7H2,1H3,(H,11,12)/t8-/m1/s1. The summed E-state index contributed by atoms with van der Waals surface area (Å²) in [5.74, 6) is 0.676. The van der Waals surface area contributed by atoms with Gasteiger partial charge >= 0.3 is 0 Å². The lowest BCUT2D eigenvalue weighted by molar-refractivity contribution is 0.120. The third-order valence-corrected chi connectivity index (χ3v) is 5.81. The van der Waals surface area contributed by atoms with Gasteiger partial charge in [0, 0.05) is 25.2 Å². The van der Waals surface area contributed by atoms with Gasteiger partial charge in [-0.15, -0.1) is 10.2 Å². The zero-order valence-corrected chi connectivity index (χ0v) is 13.1. The summed E-state index contributed by atoms with van der Waals surface area (Å²) in [5.41, 5.74) is 0. The molecule has 1 aliphatic rings. The lowest BCUT2D eigenvalue weighted by Gasteiger charge is -2.08. The summed E-state index contributed by atoms with van der Waals surface area (Å²) in [5, 5.41) is 12.0. The van der Waals surface area contributed by atoms with Gasteiger partial charge in [-0.25, -0.2) is 8.42 Å². The summed E-state index contributed by atoms with van der Waals surface area (Å²) in [6.07, 6.45) is 3.71. The highest BCUT2D eigenvalue weighted by Gasteiger charge is 2.15. The Bertz CT molecular complexity index is 497. The molecule has 0 saturated carbocycles. The maximum atomic E-state index is 11.0. The third-order valence-electron chi connectivity index (χ3n) is 2.59. The monoisotopic (exact) mass is 323 g/mol. The van der Waals surface area contributed by atoms with E-state index in [0.717, 1.165) is 35.5 Å². The molecule has 1 atom stereocenters. The molecular formula is C10H17N3O3S3. The number of sulfone groups is 1. The van der Waals surface area contributed by atoms with Gasteiger partial charge in [-0.05, 0) is 12.8 Å². The molecule has 0 aliphatic carbocycles. The zero-order chi connectivity index (χ0) is 13.7. The normalized spacial score (nSPS) is 19.7. The summed E-state index contributed by atoms with van der Waals surface area (Å²) < 4.78 is 28.3. The maximum absolute atomic E-state index is 11.0. The molecule has 1 aromatic heterocycles. The molecule has 6 nitrogen and oxygen atoms in total. The predicted octanol–water partition coefficient (Wildman–Crippen LogP) is 1.27. The van der Waals surface area contributed by atoms with E-state index in [9.17, 15) is 8.42 Å². The fraction of sp³-hybridized carbons (Fsp3) is 0.800. The van der Waals surface area contributed by atoms with Crippen LogP contribution in [0.3, 0.4) is 0 Å². The lowest BCUT2D eigenvalue weighted by atomic mass is 10.2. The van der Waals surface area contributed by atoms with E-state index >= 15 is 0 Å². The molecule has 1 fully saturated rings. The first-order chi connectivity index (χ1) is 9.03. The highest BCUT2D eigenvalue weighted by molar-refractivity contribution is 8.02. The van der Waals surface area contributed by atoms with E-state index < -0.39 is 9.84 Å². The number of thioether (sulfide) groups is 1. The van der Waals surface area contributed by atoms with Crippen LogP contribution < -0.4 is 5.32 Å². The first-order valence-electron chi connectivity index (χ1n) is 6.02. The summed E-state index contributed by atoms with van der Waals surface area (Å²) in [6.45, 7) is 1.59. The molecule has 0 aromatic carbocycles. The van der Waals surface area contributed by atoms with Crippen molar-refractivity contribution in [3.63, 3.8) is 0 Å². The number of aromatic nitrogens is 2. The van der Waals surface area contributed by atoms with Crippen molar-refractivity contribution in [1.82, 2.24) is 10.2 Å². The smallest absolute Gasteiger partial charge is 0.206 e. The summed E-state index contributed by atoms with van der Waals surface area (Å²) in [4.78, 5) is 0. The average Bonchev–Trinajstić information content (AvgIpc) is 2.94. The van der Waals surface area contributed by atoms with Gasteiger partial charge in [0.15, 0.2) is 4.34 Å². The van der Waals surface area contributed by atoms with Gasteiger partial charge < -0.3 is 10.1 Å². The highest BCUT2D eigenvalue weighted by atomic mass is 32.2. The number of hydrogen-bond donors (Lipinski definition) is 1. The van der Waals surface area contributed by atoms with Gasteiger partial charge in [0.2, 0.25) is 5.13 Å². The van der Waals surface area contributed by atoms with Crippen LogP contribution in [0, 0.1) is 0 Å². The van der Waals surface area contributed by atoms with Crippen LogP contribution in [-0.4, -0.2) is 55.6 Å². The van der Waals surface area contributed by atoms with Crippen LogP contribution in [0.15, 0.2) is 4.34 Å². The van der Waals surface area contributed by atoms with E-state index in [4.69, 9.17) is 4.74 Å². The van der Waals surface area contributed by atoms with E-state index in [1.165, 1.54) is 29.4 Å². The fourth-order valence-corrected chi connectivity index (χ4v) is 4.65. The minimum Gasteiger partial charge on any atom is -0.376 e. The van der Waals surface area contributed by atoms with Gasteiger partial charge in [-0.1, -0.05) is 23.1 Å². The first-order valence-corrected chi connectivity index (χ1v) is 9.89. The molecule has 108 valence electrons. The second-order valence-corrected chi connectivity index (χ2v) is 8.95. The third kappa shape index (κ3) is 5.64. The van der Waals surface area contributed by atoms with Gasteiger partial charge in [0.05, 0.1) is 11.9 Å². The molecule has 0 radical (unpaired) electrons. The second-order valence-electron chi connectivity index (χ2n) is 4.37. The molecule has 0 bridgehead atoms. The van der Waals surface area contributed by atoms with Crippen LogP contribution in [0.1, 0.15) is 12.8 Å². The largest absolute Gasteiger partial charge is 0.376 e. The van der Waals surface area contributed by atoms with Gasteiger partial charge in [-0.2, -0.15) is 0 Å². The number of ether oxygens (including phenoxy) is 1. The molecular weight excluding hydrogens is 306 g/mol. The number of nitrogens with zero attached hydrogens (tertiary/aromatic N) is 2. The number of rotatable bonds is 7.